The van der Waals surface area contributed by atoms with Gasteiger partial charge in [-0.05, 0) is 25.7 Å². The first kappa shape index (κ1) is 12.3. The van der Waals surface area contributed by atoms with Crippen molar-refractivity contribution in [2.45, 2.75) is 31.2 Å². The van der Waals surface area contributed by atoms with E-state index in [0.29, 0.717) is 11.5 Å². The van der Waals surface area contributed by atoms with Crippen molar-refractivity contribution >= 4 is 17.7 Å². The van der Waals surface area contributed by atoms with Crippen LogP contribution in [-0.4, -0.2) is 34.7 Å². The fourth-order valence-electron chi connectivity index (χ4n) is 1.78. The average molecular weight is 228 g/mol. The van der Waals surface area contributed by atoms with Crippen LogP contribution in [0.15, 0.2) is 0 Å². The van der Waals surface area contributed by atoms with Crippen LogP contribution in [-0.2, 0) is 4.79 Å². The molecule has 0 saturated heterocycles. The Morgan fingerprint density at radius 1 is 1.53 bits per heavy atom. The summed E-state index contributed by atoms with van der Waals surface area (Å²) in [5.74, 6) is 0.786. The lowest BCUT2D eigenvalue weighted by molar-refractivity contribution is -0.119. The molecule has 0 spiro atoms. The maximum atomic E-state index is 11.5. The van der Waals surface area contributed by atoms with Crippen LogP contribution in [0.25, 0.3) is 0 Å². The van der Waals surface area contributed by atoms with E-state index in [1.807, 2.05) is 0 Å². The highest BCUT2D eigenvalue weighted by Crippen LogP contribution is 2.28. The Morgan fingerprint density at radius 3 is 2.73 bits per heavy atom. The molecule has 4 nitrogen and oxygen atoms in total. The Labute approximate surface area is 94.0 Å². The SMILES string of the molecule is N#CC1(NC(=O)CSCCO)CCCC1. The minimum Gasteiger partial charge on any atom is -0.396 e. The molecular formula is C10H16N2O2S. The van der Waals surface area contributed by atoms with Gasteiger partial charge in [0.2, 0.25) is 5.91 Å². The Kier molecular flexibility index (Phi) is 4.92. The highest BCUT2D eigenvalue weighted by atomic mass is 32.2. The number of nitrogens with one attached hydrogen (secondary N) is 1. The topological polar surface area (TPSA) is 73.1 Å². The summed E-state index contributed by atoms with van der Waals surface area (Å²) < 4.78 is 0. The molecule has 1 aliphatic carbocycles. The number of aliphatic hydroxyl groups excluding tert-OH is 1. The minimum atomic E-state index is -0.614. The molecule has 15 heavy (non-hydrogen) atoms. The lowest BCUT2D eigenvalue weighted by Gasteiger charge is -2.21. The molecule has 0 aromatic heterocycles. The molecule has 1 rings (SSSR count). The lowest BCUT2D eigenvalue weighted by Crippen LogP contribution is -2.45. The predicted molar refractivity (Wildman–Crippen MR) is 59.4 cm³/mol. The van der Waals surface area contributed by atoms with Gasteiger partial charge in [-0.2, -0.15) is 5.26 Å². The van der Waals surface area contributed by atoms with Crippen molar-refractivity contribution in [3.05, 3.63) is 0 Å². The zero-order valence-electron chi connectivity index (χ0n) is 8.66. The van der Waals surface area contributed by atoms with Crippen LogP contribution in [0.3, 0.4) is 0 Å². The number of rotatable bonds is 5. The van der Waals surface area contributed by atoms with Gasteiger partial charge in [0.05, 0.1) is 18.4 Å². The number of carbonyl (C=O) groups excluding carboxylic acids is 1. The molecule has 1 saturated carbocycles. The number of hydrogen-bond donors (Lipinski definition) is 2. The number of thioether (sulfide) groups is 1. The molecule has 0 aromatic carbocycles. The maximum Gasteiger partial charge on any atom is 0.231 e. The molecule has 0 bridgehead atoms. The fraction of sp³-hybridized carbons (Fsp3) is 0.800. The van der Waals surface area contributed by atoms with E-state index in [2.05, 4.69) is 11.4 Å². The van der Waals surface area contributed by atoms with Crippen molar-refractivity contribution in [3.63, 3.8) is 0 Å². The van der Waals surface area contributed by atoms with E-state index in [1.165, 1.54) is 11.8 Å². The number of nitrogens with zero attached hydrogens (tertiary/aromatic N) is 1. The van der Waals surface area contributed by atoms with Crippen LogP contribution in [0.1, 0.15) is 25.7 Å². The molecule has 0 unspecified atom stereocenters. The van der Waals surface area contributed by atoms with Gasteiger partial charge in [0.1, 0.15) is 5.54 Å². The van der Waals surface area contributed by atoms with Crippen LogP contribution in [0.5, 0.6) is 0 Å². The van der Waals surface area contributed by atoms with Crippen LogP contribution in [0.4, 0.5) is 0 Å². The summed E-state index contributed by atoms with van der Waals surface area (Å²) in [6.45, 7) is 0.0847. The summed E-state index contributed by atoms with van der Waals surface area (Å²) in [5, 5.41) is 20.4. The Balaban J connectivity index is 2.33. The second-order valence-corrected chi connectivity index (χ2v) is 4.83. The van der Waals surface area contributed by atoms with Crippen molar-refractivity contribution in [1.29, 1.82) is 5.26 Å². The van der Waals surface area contributed by atoms with Crippen LogP contribution in [0, 0.1) is 11.3 Å². The number of carbonyl (C=O) groups is 1. The van der Waals surface area contributed by atoms with Gasteiger partial charge in [0, 0.05) is 5.75 Å². The minimum absolute atomic E-state index is 0.0847. The van der Waals surface area contributed by atoms with E-state index in [9.17, 15) is 4.79 Å². The number of amides is 1. The standard InChI is InChI=1S/C10H16N2O2S/c11-8-10(3-1-2-4-10)12-9(14)7-15-6-5-13/h13H,1-7H2,(H,12,14). The summed E-state index contributed by atoms with van der Waals surface area (Å²) in [6, 6.07) is 2.21. The molecule has 84 valence electrons. The third kappa shape index (κ3) is 3.73. The molecule has 0 aromatic rings. The normalized spacial score (nSPS) is 18.4. The van der Waals surface area contributed by atoms with E-state index in [1.54, 1.807) is 0 Å². The first-order chi connectivity index (χ1) is 7.22. The van der Waals surface area contributed by atoms with Crippen molar-refractivity contribution in [2.24, 2.45) is 0 Å². The smallest absolute Gasteiger partial charge is 0.231 e. The molecule has 1 aliphatic rings. The third-order valence-corrected chi connectivity index (χ3v) is 3.46. The van der Waals surface area contributed by atoms with Crippen LogP contribution >= 0.6 is 11.8 Å². The molecule has 2 N–H and O–H groups in total. The number of aliphatic hydroxyl groups is 1. The van der Waals surface area contributed by atoms with Crippen molar-refractivity contribution in [2.75, 3.05) is 18.1 Å². The van der Waals surface area contributed by atoms with Gasteiger partial charge < -0.3 is 10.4 Å². The number of hydrogen-bond acceptors (Lipinski definition) is 4. The van der Waals surface area contributed by atoms with Crippen LogP contribution < -0.4 is 5.32 Å². The van der Waals surface area contributed by atoms with Crippen molar-refractivity contribution in [3.8, 4) is 6.07 Å². The van der Waals surface area contributed by atoms with Gasteiger partial charge in [-0.1, -0.05) is 0 Å². The summed E-state index contributed by atoms with van der Waals surface area (Å²) in [4.78, 5) is 11.5. The Hall–Kier alpha value is -0.730. The quantitative estimate of drug-likeness (QED) is 0.678. The monoisotopic (exact) mass is 228 g/mol. The average Bonchev–Trinajstić information content (AvgIpc) is 2.67. The summed E-state index contributed by atoms with van der Waals surface area (Å²) >= 11 is 1.38. The summed E-state index contributed by atoms with van der Waals surface area (Å²) in [5.41, 5.74) is -0.614. The first-order valence-electron chi connectivity index (χ1n) is 5.13. The van der Waals surface area contributed by atoms with E-state index in [4.69, 9.17) is 10.4 Å². The molecule has 0 radical (unpaired) electrons. The first-order valence-corrected chi connectivity index (χ1v) is 6.29. The van der Waals surface area contributed by atoms with Crippen molar-refractivity contribution < 1.29 is 9.90 Å². The predicted octanol–water partition coefficient (Wildman–Crippen LogP) is 0.664. The summed E-state index contributed by atoms with van der Waals surface area (Å²) in [7, 11) is 0. The second kappa shape index (κ2) is 5.99. The van der Waals surface area contributed by atoms with Crippen LogP contribution in [0.2, 0.25) is 0 Å². The largest absolute Gasteiger partial charge is 0.396 e. The highest BCUT2D eigenvalue weighted by Gasteiger charge is 2.35. The maximum absolute atomic E-state index is 11.5. The van der Waals surface area contributed by atoms with Gasteiger partial charge >= 0.3 is 0 Å². The van der Waals surface area contributed by atoms with Gasteiger partial charge in [-0.3, -0.25) is 4.79 Å². The molecule has 0 atom stereocenters. The third-order valence-electron chi connectivity index (χ3n) is 2.52. The zero-order chi connectivity index (χ0) is 11.1. The lowest BCUT2D eigenvalue weighted by atomic mass is 10.0. The van der Waals surface area contributed by atoms with Crippen molar-refractivity contribution in [1.82, 2.24) is 5.32 Å². The molecule has 5 heteroatoms. The Bertz CT molecular complexity index is 257. The van der Waals surface area contributed by atoms with E-state index in [0.717, 1.165) is 25.7 Å². The highest BCUT2D eigenvalue weighted by molar-refractivity contribution is 7.99. The van der Waals surface area contributed by atoms with Gasteiger partial charge in [-0.25, -0.2) is 0 Å². The van der Waals surface area contributed by atoms with Gasteiger partial charge in [-0.15, -0.1) is 11.8 Å². The molecule has 1 fully saturated rings. The van der Waals surface area contributed by atoms with E-state index >= 15 is 0 Å². The summed E-state index contributed by atoms with van der Waals surface area (Å²) in [6.07, 6.45) is 3.55. The Morgan fingerprint density at radius 2 is 2.20 bits per heavy atom. The van der Waals surface area contributed by atoms with E-state index in [-0.39, 0.29) is 12.5 Å². The fourth-order valence-corrected chi connectivity index (χ4v) is 2.31. The zero-order valence-corrected chi connectivity index (χ0v) is 9.48. The van der Waals surface area contributed by atoms with E-state index < -0.39 is 5.54 Å². The number of nitriles is 1. The molecule has 0 heterocycles. The van der Waals surface area contributed by atoms with Gasteiger partial charge in [0.15, 0.2) is 0 Å². The van der Waals surface area contributed by atoms with Gasteiger partial charge in [0.25, 0.3) is 0 Å². The second-order valence-electron chi connectivity index (χ2n) is 3.73. The molecular weight excluding hydrogens is 212 g/mol. The molecule has 1 amide bonds. The molecule has 0 aliphatic heterocycles.